The van der Waals surface area contributed by atoms with Crippen molar-refractivity contribution in [2.24, 2.45) is 0 Å². The number of nitrogens with zero attached hydrogens (tertiary/aromatic N) is 1. The summed E-state index contributed by atoms with van der Waals surface area (Å²) in [7, 11) is 1.68. The van der Waals surface area contributed by atoms with Crippen LogP contribution in [0.2, 0.25) is 0 Å². The third-order valence-electron chi connectivity index (χ3n) is 4.24. The van der Waals surface area contributed by atoms with E-state index in [1.54, 1.807) is 7.11 Å². The third-order valence-corrected chi connectivity index (χ3v) is 4.24. The number of nitrogens with one attached hydrogen (secondary N) is 1. The Kier molecular flexibility index (Phi) is 6.54. The zero-order valence-corrected chi connectivity index (χ0v) is 14.7. The van der Waals surface area contributed by atoms with Gasteiger partial charge in [0.05, 0.1) is 20.3 Å². The predicted molar refractivity (Wildman–Crippen MR) is 99.5 cm³/mol. The van der Waals surface area contributed by atoms with E-state index in [2.05, 4.69) is 22.3 Å². The highest BCUT2D eigenvalue weighted by Gasteiger charge is 2.09. The molecular formula is C20H26N2O3. The Hall–Kier alpha value is -2.24. The van der Waals surface area contributed by atoms with Gasteiger partial charge in [-0.25, -0.2) is 0 Å². The molecule has 5 nitrogen and oxygen atoms in total. The fourth-order valence-electron chi connectivity index (χ4n) is 2.80. The largest absolute Gasteiger partial charge is 0.497 e. The van der Waals surface area contributed by atoms with Crippen LogP contribution in [0.4, 0.5) is 5.69 Å². The molecule has 1 heterocycles. The van der Waals surface area contributed by atoms with Crippen molar-refractivity contribution in [2.45, 2.75) is 6.54 Å². The van der Waals surface area contributed by atoms with E-state index >= 15 is 0 Å². The molecule has 3 rings (SSSR count). The fourth-order valence-corrected chi connectivity index (χ4v) is 2.80. The van der Waals surface area contributed by atoms with Gasteiger partial charge in [0.25, 0.3) is 0 Å². The predicted octanol–water partition coefficient (Wildman–Crippen LogP) is 3.02. The van der Waals surface area contributed by atoms with E-state index in [0.29, 0.717) is 6.61 Å². The number of hydrogen-bond donors (Lipinski definition) is 1. The minimum Gasteiger partial charge on any atom is -0.497 e. The number of methoxy groups -OCH3 is 1. The molecule has 5 heteroatoms. The molecule has 0 spiro atoms. The van der Waals surface area contributed by atoms with E-state index in [1.165, 1.54) is 5.56 Å². The zero-order chi connectivity index (χ0) is 17.3. The quantitative estimate of drug-likeness (QED) is 0.799. The second kappa shape index (κ2) is 9.30. The van der Waals surface area contributed by atoms with Gasteiger partial charge < -0.3 is 19.5 Å². The first-order chi connectivity index (χ1) is 12.3. The summed E-state index contributed by atoms with van der Waals surface area (Å²) in [5, 5.41) is 3.43. The molecule has 1 N–H and O–H groups in total. The maximum absolute atomic E-state index is 5.90. The van der Waals surface area contributed by atoms with Crippen LogP contribution < -0.4 is 14.8 Å². The molecule has 0 aromatic heterocycles. The van der Waals surface area contributed by atoms with Gasteiger partial charge in [0.1, 0.15) is 18.1 Å². The molecule has 0 unspecified atom stereocenters. The summed E-state index contributed by atoms with van der Waals surface area (Å²) in [5.41, 5.74) is 2.23. The minimum absolute atomic E-state index is 0.694. The first kappa shape index (κ1) is 17.6. The molecule has 134 valence electrons. The average Bonchev–Trinajstić information content (AvgIpc) is 2.68. The molecule has 0 atom stereocenters. The SMILES string of the molecule is COc1cccc(CNc2cccc(OCCN3CCOCC3)c2)c1. The van der Waals surface area contributed by atoms with Crippen LogP contribution in [-0.4, -0.2) is 51.5 Å². The lowest BCUT2D eigenvalue weighted by molar-refractivity contribution is 0.0322. The number of anilines is 1. The van der Waals surface area contributed by atoms with E-state index in [0.717, 1.165) is 56.6 Å². The van der Waals surface area contributed by atoms with Crippen LogP contribution >= 0.6 is 0 Å². The van der Waals surface area contributed by atoms with E-state index in [9.17, 15) is 0 Å². The summed E-state index contributed by atoms with van der Waals surface area (Å²) >= 11 is 0. The van der Waals surface area contributed by atoms with Crippen molar-refractivity contribution in [3.05, 3.63) is 54.1 Å². The Morgan fingerprint density at radius 3 is 2.68 bits per heavy atom. The lowest BCUT2D eigenvalue weighted by Crippen LogP contribution is -2.38. The lowest BCUT2D eigenvalue weighted by Gasteiger charge is -2.26. The maximum atomic E-state index is 5.90. The summed E-state index contributed by atoms with van der Waals surface area (Å²) in [6, 6.07) is 16.2. The second-order valence-corrected chi connectivity index (χ2v) is 6.04. The molecule has 25 heavy (non-hydrogen) atoms. The summed E-state index contributed by atoms with van der Waals surface area (Å²) in [5.74, 6) is 1.77. The molecule has 0 aliphatic carbocycles. The van der Waals surface area contributed by atoms with Crippen LogP contribution in [-0.2, 0) is 11.3 Å². The molecule has 1 fully saturated rings. The van der Waals surface area contributed by atoms with Gasteiger partial charge in [-0.3, -0.25) is 4.90 Å². The van der Waals surface area contributed by atoms with Crippen LogP contribution in [0.5, 0.6) is 11.5 Å². The van der Waals surface area contributed by atoms with Gasteiger partial charge in [0.2, 0.25) is 0 Å². The molecular weight excluding hydrogens is 316 g/mol. The maximum Gasteiger partial charge on any atom is 0.121 e. The smallest absolute Gasteiger partial charge is 0.121 e. The van der Waals surface area contributed by atoms with Crippen molar-refractivity contribution in [3.63, 3.8) is 0 Å². The number of morpholine rings is 1. The van der Waals surface area contributed by atoms with Gasteiger partial charge >= 0.3 is 0 Å². The molecule has 1 aliphatic heterocycles. The summed E-state index contributed by atoms with van der Waals surface area (Å²) in [4.78, 5) is 2.37. The number of rotatable bonds is 8. The summed E-state index contributed by atoms with van der Waals surface area (Å²) in [6.07, 6.45) is 0. The molecule has 0 amide bonds. The Morgan fingerprint density at radius 1 is 1.04 bits per heavy atom. The van der Waals surface area contributed by atoms with Gasteiger partial charge in [-0.2, -0.15) is 0 Å². The normalized spacial score (nSPS) is 14.9. The Labute approximate surface area is 149 Å². The van der Waals surface area contributed by atoms with Crippen molar-refractivity contribution in [3.8, 4) is 11.5 Å². The monoisotopic (exact) mass is 342 g/mol. The van der Waals surface area contributed by atoms with Crippen molar-refractivity contribution in [2.75, 3.05) is 51.9 Å². The molecule has 2 aromatic rings. The molecule has 2 aromatic carbocycles. The summed E-state index contributed by atoms with van der Waals surface area (Å²) in [6.45, 7) is 6.00. The van der Waals surface area contributed by atoms with Gasteiger partial charge in [-0.1, -0.05) is 18.2 Å². The first-order valence-electron chi connectivity index (χ1n) is 8.73. The molecule has 0 bridgehead atoms. The number of ether oxygens (including phenoxy) is 3. The van der Waals surface area contributed by atoms with Gasteiger partial charge in [0.15, 0.2) is 0 Å². The highest BCUT2D eigenvalue weighted by Crippen LogP contribution is 2.19. The minimum atomic E-state index is 0.694. The van der Waals surface area contributed by atoms with Gasteiger partial charge in [-0.05, 0) is 29.8 Å². The highest BCUT2D eigenvalue weighted by atomic mass is 16.5. The highest BCUT2D eigenvalue weighted by molar-refractivity contribution is 5.48. The standard InChI is InChI=1S/C20H26N2O3/c1-23-19-6-2-4-17(14-19)16-21-18-5-3-7-20(15-18)25-13-10-22-8-11-24-12-9-22/h2-7,14-15,21H,8-13,16H2,1H3. The Balaban J connectivity index is 1.47. The van der Waals surface area contributed by atoms with E-state index in [1.807, 2.05) is 36.4 Å². The molecule has 0 radical (unpaired) electrons. The van der Waals surface area contributed by atoms with Crippen LogP contribution in [0.1, 0.15) is 5.56 Å². The van der Waals surface area contributed by atoms with Crippen molar-refractivity contribution in [1.82, 2.24) is 4.90 Å². The first-order valence-corrected chi connectivity index (χ1v) is 8.73. The van der Waals surface area contributed by atoms with Crippen LogP contribution in [0.25, 0.3) is 0 Å². The molecule has 1 saturated heterocycles. The van der Waals surface area contributed by atoms with Crippen LogP contribution in [0.3, 0.4) is 0 Å². The van der Waals surface area contributed by atoms with Gasteiger partial charge in [-0.15, -0.1) is 0 Å². The molecule has 1 aliphatic rings. The number of hydrogen-bond acceptors (Lipinski definition) is 5. The Bertz CT molecular complexity index is 657. The van der Waals surface area contributed by atoms with Crippen molar-refractivity contribution >= 4 is 5.69 Å². The third kappa shape index (κ3) is 5.66. The van der Waals surface area contributed by atoms with E-state index < -0.39 is 0 Å². The van der Waals surface area contributed by atoms with Gasteiger partial charge in [0, 0.05) is 37.9 Å². The zero-order valence-electron chi connectivity index (χ0n) is 14.7. The lowest BCUT2D eigenvalue weighted by atomic mass is 10.2. The summed E-state index contributed by atoms with van der Waals surface area (Å²) < 4.78 is 16.5. The van der Waals surface area contributed by atoms with Crippen LogP contribution in [0, 0.1) is 0 Å². The number of benzene rings is 2. The van der Waals surface area contributed by atoms with Crippen LogP contribution in [0.15, 0.2) is 48.5 Å². The average molecular weight is 342 g/mol. The Morgan fingerprint density at radius 2 is 1.84 bits per heavy atom. The molecule has 0 saturated carbocycles. The van der Waals surface area contributed by atoms with Crippen molar-refractivity contribution in [1.29, 1.82) is 0 Å². The fraction of sp³-hybridized carbons (Fsp3) is 0.400. The van der Waals surface area contributed by atoms with E-state index in [4.69, 9.17) is 14.2 Å². The second-order valence-electron chi connectivity index (χ2n) is 6.04. The van der Waals surface area contributed by atoms with E-state index in [-0.39, 0.29) is 0 Å². The topological polar surface area (TPSA) is 43.0 Å². The van der Waals surface area contributed by atoms with Crippen molar-refractivity contribution < 1.29 is 14.2 Å².